The van der Waals surface area contributed by atoms with Gasteiger partial charge in [0, 0.05) is 25.5 Å². The van der Waals surface area contributed by atoms with Gasteiger partial charge in [-0.05, 0) is 53.7 Å². The summed E-state index contributed by atoms with van der Waals surface area (Å²) in [5.74, 6) is 0.243. The van der Waals surface area contributed by atoms with Crippen LogP contribution in [0.3, 0.4) is 0 Å². The molecule has 0 radical (unpaired) electrons. The van der Waals surface area contributed by atoms with Crippen molar-refractivity contribution in [2.24, 2.45) is 5.92 Å². The lowest BCUT2D eigenvalue weighted by molar-refractivity contribution is -0.0891. The van der Waals surface area contributed by atoms with Gasteiger partial charge in [-0.15, -0.1) is 0 Å². The van der Waals surface area contributed by atoms with Gasteiger partial charge in [0.05, 0.1) is 17.1 Å². The van der Waals surface area contributed by atoms with E-state index in [4.69, 9.17) is 0 Å². The predicted octanol–water partition coefficient (Wildman–Crippen LogP) is 6.47. The summed E-state index contributed by atoms with van der Waals surface area (Å²) in [6.07, 6.45) is -1.88. The third-order valence-electron chi connectivity index (χ3n) is 5.78. The second-order valence-electron chi connectivity index (χ2n) is 9.18. The second-order valence-corrected chi connectivity index (χ2v) is 11.2. The molecule has 192 valence electrons. The first-order valence-electron chi connectivity index (χ1n) is 11.4. The summed E-state index contributed by atoms with van der Waals surface area (Å²) in [6, 6.07) is 11.8. The number of allylic oxidation sites excluding steroid dienone is 3. The summed E-state index contributed by atoms with van der Waals surface area (Å²) in [5.41, 5.74) is 2.36. The molecule has 2 aromatic rings. The van der Waals surface area contributed by atoms with E-state index < -0.39 is 28.2 Å². The monoisotopic (exact) mass is 509 g/mol. The molecule has 0 fully saturated rings. The molecule has 35 heavy (non-hydrogen) atoms. The van der Waals surface area contributed by atoms with Crippen LogP contribution in [0.4, 0.5) is 13.2 Å². The van der Waals surface area contributed by atoms with E-state index >= 15 is 0 Å². The Hall–Kier alpha value is -2.58. The van der Waals surface area contributed by atoms with Crippen LogP contribution < -0.4 is 0 Å². The topological polar surface area (TPSA) is 57.6 Å². The first kappa shape index (κ1) is 28.7. The zero-order chi connectivity index (χ0) is 26.6. The predicted molar refractivity (Wildman–Crippen MR) is 135 cm³/mol. The maximum Gasteiger partial charge on any atom is 0.416 e. The molecule has 0 aromatic heterocycles. The molecule has 8 heteroatoms. The van der Waals surface area contributed by atoms with E-state index in [1.54, 1.807) is 50.4 Å². The van der Waals surface area contributed by atoms with Gasteiger partial charge in [-0.2, -0.15) is 13.2 Å². The molecule has 0 amide bonds. The molecule has 0 atom stereocenters. The van der Waals surface area contributed by atoms with Crippen LogP contribution in [0, 0.1) is 5.92 Å². The minimum absolute atomic E-state index is 0.0498. The summed E-state index contributed by atoms with van der Waals surface area (Å²) >= 11 is 0. The Morgan fingerprint density at radius 3 is 2.11 bits per heavy atom. The molecule has 0 saturated carbocycles. The van der Waals surface area contributed by atoms with E-state index in [1.807, 2.05) is 18.7 Å². The smallest absolute Gasteiger partial charge is 0.392 e. The summed E-state index contributed by atoms with van der Waals surface area (Å²) in [6.45, 7) is 7.38. The molecule has 0 heterocycles. The van der Waals surface area contributed by atoms with Crippen molar-refractivity contribution in [2.45, 2.75) is 51.8 Å². The van der Waals surface area contributed by atoms with Gasteiger partial charge in [-0.3, -0.25) is 0 Å². The number of alkyl halides is 3. The van der Waals surface area contributed by atoms with Gasteiger partial charge >= 0.3 is 6.18 Å². The van der Waals surface area contributed by atoms with Gasteiger partial charge in [0.1, 0.15) is 0 Å². The molecule has 0 spiro atoms. The number of aliphatic hydroxyl groups excluding tert-OH is 1. The fourth-order valence-corrected chi connectivity index (χ4v) is 4.83. The summed E-state index contributed by atoms with van der Waals surface area (Å²) in [4.78, 5) is 1.88. The zero-order valence-electron chi connectivity index (χ0n) is 21.1. The molecule has 2 rings (SSSR count). The first-order valence-corrected chi connectivity index (χ1v) is 13.3. The number of benzene rings is 2. The Bertz CT molecular complexity index is 1200. The van der Waals surface area contributed by atoms with Crippen LogP contribution in [0.5, 0.6) is 0 Å². The molecule has 0 bridgehead atoms. The molecule has 0 aliphatic rings. The van der Waals surface area contributed by atoms with Crippen LogP contribution in [0.25, 0.3) is 16.8 Å². The Morgan fingerprint density at radius 2 is 1.66 bits per heavy atom. The fourth-order valence-electron chi connectivity index (χ4n) is 3.88. The van der Waals surface area contributed by atoms with E-state index in [1.165, 1.54) is 19.1 Å². The summed E-state index contributed by atoms with van der Waals surface area (Å²) in [7, 11) is -1.77. The highest BCUT2D eigenvalue weighted by atomic mass is 32.2. The minimum Gasteiger partial charge on any atom is -0.392 e. The van der Waals surface area contributed by atoms with Gasteiger partial charge in [0.15, 0.2) is 9.84 Å². The fraction of sp³-hybridized carbons (Fsp3) is 0.407. The maximum absolute atomic E-state index is 13.9. The number of halogens is 3. The average molecular weight is 510 g/mol. The van der Waals surface area contributed by atoms with Crippen LogP contribution in [0.15, 0.2) is 64.6 Å². The van der Waals surface area contributed by atoms with E-state index in [0.717, 1.165) is 6.26 Å². The van der Waals surface area contributed by atoms with Gasteiger partial charge in [-0.25, -0.2) is 8.42 Å². The first-order chi connectivity index (χ1) is 16.2. The molecule has 1 N–H and O–H groups in total. The van der Waals surface area contributed by atoms with Crippen LogP contribution in [0.2, 0.25) is 0 Å². The van der Waals surface area contributed by atoms with E-state index in [2.05, 4.69) is 0 Å². The van der Waals surface area contributed by atoms with Gasteiger partial charge in [-0.1, -0.05) is 62.7 Å². The van der Waals surface area contributed by atoms with Crippen molar-refractivity contribution in [3.8, 4) is 11.1 Å². The molecule has 4 nitrogen and oxygen atoms in total. The Kier molecular flexibility index (Phi) is 9.36. The van der Waals surface area contributed by atoms with Crippen molar-refractivity contribution in [3.05, 3.63) is 70.8 Å². The van der Waals surface area contributed by atoms with Crippen LogP contribution >= 0.6 is 0 Å². The van der Waals surface area contributed by atoms with Crippen molar-refractivity contribution >= 4 is 15.5 Å². The second kappa shape index (κ2) is 11.4. The molecule has 0 unspecified atom stereocenters. The third kappa shape index (κ3) is 7.45. The number of aliphatic hydroxyl groups is 1. The molecular formula is C27H34F3NO3S. The number of rotatable bonds is 9. The largest absolute Gasteiger partial charge is 0.416 e. The Morgan fingerprint density at radius 1 is 1.09 bits per heavy atom. The maximum atomic E-state index is 13.9. The minimum atomic E-state index is -4.47. The van der Waals surface area contributed by atoms with Crippen LogP contribution in [-0.4, -0.2) is 44.4 Å². The normalized spacial score (nSPS) is 13.7. The van der Waals surface area contributed by atoms with E-state index in [0.29, 0.717) is 34.5 Å². The van der Waals surface area contributed by atoms with Crippen molar-refractivity contribution in [1.29, 1.82) is 0 Å². The van der Waals surface area contributed by atoms with Gasteiger partial charge < -0.3 is 10.0 Å². The lowest BCUT2D eigenvalue weighted by Gasteiger charge is -2.26. The van der Waals surface area contributed by atoms with Crippen LogP contribution in [-0.2, 0) is 16.4 Å². The molecule has 0 saturated heterocycles. The van der Waals surface area contributed by atoms with E-state index in [-0.39, 0.29) is 22.8 Å². The Labute approximate surface area is 206 Å². The van der Waals surface area contributed by atoms with Gasteiger partial charge in [0.25, 0.3) is 0 Å². The number of nitrogens with zero attached hydrogens (tertiary/aromatic N) is 1. The number of sulfone groups is 1. The lowest BCUT2D eigenvalue weighted by Crippen LogP contribution is -2.23. The zero-order valence-corrected chi connectivity index (χ0v) is 21.9. The molecule has 2 aromatic carbocycles. The molecule has 0 aliphatic carbocycles. The van der Waals surface area contributed by atoms with Crippen LogP contribution in [0.1, 0.15) is 45.2 Å². The van der Waals surface area contributed by atoms with E-state index in [9.17, 15) is 26.7 Å². The molecular weight excluding hydrogens is 475 g/mol. The van der Waals surface area contributed by atoms with Crippen molar-refractivity contribution in [1.82, 2.24) is 4.90 Å². The number of hydrogen-bond donors (Lipinski definition) is 1. The highest BCUT2D eigenvalue weighted by Gasteiger charge is 2.34. The Balaban J connectivity index is 2.61. The SMILES string of the molecule is CCC(C)=C(C=C(c1ccc(-c2ccc(CO)c(S(C)(=O)=O)c2)cc1)N(C)CC(C)C)C(F)(F)F. The highest BCUT2D eigenvalue weighted by Crippen LogP contribution is 2.34. The highest BCUT2D eigenvalue weighted by molar-refractivity contribution is 7.90. The third-order valence-corrected chi connectivity index (χ3v) is 6.96. The summed E-state index contributed by atoms with van der Waals surface area (Å²) in [5, 5.41) is 9.48. The summed E-state index contributed by atoms with van der Waals surface area (Å²) < 4.78 is 65.9. The van der Waals surface area contributed by atoms with Crippen molar-refractivity contribution in [3.63, 3.8) is 0 Å². The number of hydrogen-bond acceptors (Lipinski definition) is 4. The quantitative estimate of drug-likeness (QED) is 0.394. The van der Waals surface area contributed by atoms with Crippen molar-refractivity contribution in [2.75, 3.05) is 19.8 Å². The van der Waals surface area contributed by atoms with Gasteiger partial charge in [0.2, 0.25) is 0 Å². The lowest BCUT2D eigenvalue weighted by atomic mass is 9.99. The average Bonchev–Trinajstić information content (AvgIpc) is 2.77. The molecule has 0 aliphatic heterocycles. The standard InChI is InChI=1S/C27H34F3NO3S/c1-7-19(4)24(27(28,29)30)15-25(31(5)16-18(2)3)21-10-8-20(9-11-21)22-12-13-23(17-32)26(14-22)35(6,33)34/h8-15,18,32H,7,16-17H2,1-6H3. The van der Waals surface area contributed by atoms with Crippen molar-refractivity contribution < 1.29 is 26.7 Å².